The van der Waals surface area contributed by atoms with Gasteiger partial charge in [0.1, 0.15) is 5.82 Å². The molecular weight excluding hydrogens is 572 g/mol. The van der Waals surface area contributed by atoms with Crippen LogP contribution >= 0.6 is 0 Å². The van der Waals surface area contributed by atoms with Crippen LogP contribution < -0.4 is 14.5 Å². The zero-order valence-electron chi connectivity index (χ0n) is 28.0. The normalized spacial score (nSPS) is 21.5. The van der Waals surface area contributed by atoms with Gasteiger partial charge in [0, 0.05) is 73.9 Å². The van der Waals surface area contributed by atoms with E-state index >= 15 is 0 Å². The smallest absolute Gasteiger partial charge is 0.318 e. The summed E-state index contributed by atoms with van der Waals surface area (Å²) in [6.07, 6.45) is 7.95. The lowest BCUT2D eigenvalue weighted by Gasteiger charge is -2.44. The van der Waals surface area contributed by atoms with Crippen LogP contribution in [0.25, 0.3) is 10.8 Å². The molecule has 1 saturated carbocycles. The van der Waals surface area contributed by atoms with E-state index in [0.29, 0.717) is 25.1 Å². The number of benzene rings is 2. The molecule has 242 valence electrons. The fourth-order valence-corrected chi connectivity index (χ4v) is 7.64. The van der Waals surface area contributed by atoms with Gasteiger partial charge in [-0.3, -0.25) is 4.90 Å². The Kier molecular flexibility index (Phi) is 8.51. The predicted octanol–water partition coefficient (Wildman–Crippen LogP) is 4.84. The molecule has 9 nitrogen and oxygen atoms in total. The topological polar surface area (TPSA) is 75.0 Å². The molecule has 0 radical (unpaired) electrons. The summed E-state index contributed by atoms with van der Waals surface area (Å²) in [7, 11) is 4.35. The lowest BCUT2D eigenvalue weighted by atomic mass is 9.99. The summed E-state index contributed by atoms with van der Waals surface area (Å²) in [5.74, 6) is 0.998. The number of aromatic nitrogens is 2. The van der Waals surface area contributed by atoms with Crippen molar-refractivity contribution in [2.45, 2.75) is 58.2 Å². The summed E-state index contributed by atoms with van der Waals surface area (Å²) < 4.78 is 6.56. The number of likely N-dealkylation sites (N-methyl/N-ethyl adjacent to an activating group) is 1. The number of allylic oxidation sites excluding steroid dienone is 1. The highest BCUT2D eigenvalue weighted by atomic mass is 16.5. The maximum absolute atomic E-state index is 9.63. The molecular formula is C37H48N8O. The molecule has 3 aromatic rings. The van der Waals surface area contributed by atoms with Crippen LogP contribution in [0, 0.1) is 23.7 Å². The molecule has 4 heterocycles. The third kappa shape index (κ3) is 6.13. The number of likely N-dealkylation sites (tertiary alicyclic amines) is 1. The Morgan fingerprint density at radius 3 is 2.59 bits per heavy atom. The van der Waals surface area contributed by atoms with Gasteiger partial charge < -0.3 is 24.3 Å². The van der Waals surface area contributed by atoms with E-state index in [1.165, 1.54) is 40.4 Å². The molecule has 4 aliphatic rings. The minimum atomic E-state index is 0.126. The Morgan fingerprint density at radius 1 is 1.04 bits per heavy atom. The number of nitrogens with zero attached hydrogens (tertiary/aromatic N) is 8. The van der Waals surface area contributed by atoms with Crippen molar-refractivity contribution in [2.75, 3.05) is 76.3 Å². The zero-order chi connectivity index (χ0) is 31.8. The molecule has 3 fully saturated rings. The van der Waals surface area contributed by atoms with Crippen LogP contribution in [-0.2, 0) is 13.0 Å². The molecule has 3 aliphatic heterocycles. The number of piperazine rings is 1. The average molecular weight is 621 g/mol. The summed E-state index contributed by atoms with van der Waals surface area (Å²) >= 11 is 0. The van der Waals surface area contributed by atoms with Crippen molar-refractivity contribution in [3.8, 4) is 12.1 Å². The van der Waals surface area contributed by atoms with E-state index in [4.69, 9.17) is 14.7 Å². The molecule has 1 atom stereocenters. The molecule has 1 aliphatic carbocycles. The molecule has 2 saturated heterocycles. The van der Waals surface area contributed by atoms with Gasteiger partial charge >= 0.3 is 6.01 Å². The Morgan fingerprint density at radius 2 is 1.85 bits per heavy atom. The van der Waals surface area contributed by atoms with E-state index in [0.717, 1.165) is 70.3 Å². The number of hydrogen-bond acceptors (Lipinski definition) is 9. The van der Waals surface area contributed by atoms with Gasteiger partial charge in [0.15, 0.2) is 0 Å². The molecule has 1 unspecified atom stereocenters. The Balaban J connectivity index is 1.17. The quantitative estimate of drug-likeness (QED) is 0.317. The van der Waals surface area contributed by atoms with Crippen LogP contribution in [0.4, 0.5) is 11.5 Å². The van der Waals surface area contributed by atoms with Crippen LogP contribution in [0.3, 0.4) is 0 Å². The van der Waals surface area contributed by atoms with Crippen molar-refractivity contribution in [3.63, 3.8) is 0 Å². The summed E-state index contributed by atoms with van der Waals surface area (Å²) in [4.78, 5) is 22.4. The Hall–Kier alpha value is -3.87. The van der Waals surface area contributed by atoms with E-state index < -0.39 is 0 Å². The van der Waals surface area contributed by atoms with Gasteiger partial charge in [-0.15, -0.1) is 0 Å². The van der Waals surface area contributed by atoms with Crippen molar-refractivity contribution >= 4 is 22.3 Å². The van der Waals surface area contributed by atoms with Gasteiger partial charge in [0.2, 0.25) is 0 Å². The predicted molar refractivity (Wildman–Crippen MR) is 184 cm³/mol. The van der Waals surface area contributed by atoms with E-state index in [1.54, 1.807) is 0 Å². The first kappa shape index (κ1) is 30.8. The highest BCUT2D eigenvalue weighted by molar-refractivity contribution is 5.97. The van der Waals surface area contributed by atoms with Gasteiger partial charge in [-0.05, 0) is 70.4 Å². The van der Waals surface area contributed by atoms with Gasteiger partial charge in [0.25, 0.3) is 0 Å². The minimum absolute atomic E-state index is 0.126. The zero-order valence-corrected chi connectivity index (χ0v) is 28.0. The third-order valence-corrected chi connectivity index (χ3v) is 10.6. The fourth-order valence-electron chi connectivity index (χ4n) is 7.64. The second-order valence-electron chi connectivity index (χ2n) is 14.2. The van der Waals surface area contributed by atoms with Crippen LogP contribution in [0.2, 0.25) is 0 Å². The van der Waals surface area contributed by atoms with Crippen molar-refractivity contribution in [1.29, 1.82) is 5.26 Å². The lowest BCUT2D eigenvalue weighted by Crippen LogP contribution is -2.58. The minimum Gasteiger partial charge on any atom is -0.463 e. The summed E-state index contributed by atoms with van der Waals surface area (Å²) in [5.41, 5.74) is 5.06. The van der Waals surface area contributed by atoms with Gasteiger partial charge in [0.05, 0.1) is 37.4 Å². The maximum atomic E-state index is 9.63. The number of ether oxygens (including phenoxy) is 1. The van der Waals surface area contributed by atoms with E-state index in [1.807, 2.05) is 6.92 Å². The number of fused-ring (bicyclic) bond motifs is 2. The molecule has 0 spiro atoms. The summed E-state index contributed by atoms with van der Waals surface area (Å²) in [6, 6.07) is 16.9. The molecule has 46 heavy (non-hydrogen) atoms. The largest absolute Gasteiger partial charge is 0.463 e. The highest BCUT2D eigenvalue weighted by Crippen LogP contribution is 2.47. The van der Waals surface area contributed by atoms with Crippen molar-refractivity contribution in [1.82, 2.24) is 24.7 Å². The first-order valence-electron chi connectivity index (χ1n) is 17.0. The lowest BCUT2D eigenvalue weighted by molar-refractivity contribution is 0.0363. The highest BCUT2D eigenvalue weighted by Gasteiger charge is 2.47. The van der Waals surface area contributed by atoms with Gasteiger partial charge in [-0.1, -0.05) is 36.4 Å². The van der Waals surface area contributed by atoms with E-state index in [9.17, 15) is 5.26 Å². The van der Waals surface area contributed by atoms with Gasteiger partial charge in [-0.25, -0.2) is 0 Å². The number of hydrogen-bond donors (Lipinski definition) is 0. The van der Waals surface area contributed by atoms with Crippen LogP contribution in [0.1, 0.15) is 43.0 Å². The molecule has 0 amide bonds. The number of rotatable bonds is 10. The molecule has 7 rings (SSSR count). The second-order valence-corrected chi connectivity index (χ2v) is 14.2. The molecule has 1 aromatic heterocycles. The molecule has 2 aromatic carbocycles. The number of anilines is 2. The molecule has 9 heteroatoms. The van der Waals surface area contributed by atoms with Crippen LogP contribution in [0.5, 0.6) is 6.01 Å². The van der Waals surface area contributed by atoms with Crippen molar-refractivity contribution in [3.05, 3.63) is 65.5 Å². The molecule has 0 bridgehead atoms. The van der Waals surface area contributed by atoms with Crippen LogP contribution in [-0.4, -0.2) is 103 Å². The third-order valence-electron chi connectivity index (χ3n) is 10.6. The summed E-state index contributed by atoms with van der Waals surface area (Å²) in [6.45, 7) is 12.4. The number of aryl methyl sites for hydroxylation is 1. The fraction of sp³-hybridized carbons (Fsp3) is 0.541. The molecule has 0 N–H and O–H groups in total. The summed E-state index contributed by atoms with van der Waals surface area (Å²) in [5, 5.41) is 12.2. The van der Waals surface area contributed by atoms with Crippen molar-refractivity contribution < 1.29 is 4.74 Å². The number of nitriles is 1. The van der Waals surface area contributed by atoms with E-state index in [-0.39, 0.29) is 11.5 Å². The van der Waals surface area contributed by atoms with Gasteiger partial charge in [-0.2, -0.15) is 15.2 Å². The monoisotopic (exact) mass is 620 g/mol. The first-order valence-corrected chi connectivity index (χ1v) is 17.0. The van der Waals surface area contributed by atoms with Crippen molar-refractivity contribution in [2.24, 2.45) is 5.41 Å². The Bertz CT molecular complexity index is 1630. The van der Waals surface area contributed by atoms with Crippen LogP contribution in [0.15, 0.2) is 48.7 Å². The first-order chi connectivity index (χ1) is 22.4. The standard InChI is InChI=1S/C37H48N8O/c1-5-17-43-19-20-45(23-29(43)12-16-38)35-31-13-18-44(33-11-7-10-28-9-6-8-27(2)34(28)33)24-32(31)39-36(40-35)46-26-37(14-15-37)25-42-21-30(22-42)41(3)4/h5-11,17,29-30H,12-15,18-26H2,1-4H3. The maximum Gasteiger partial charge on any atom is 0.318 e. The average Bonchev–Trinajstić information content (AvgIpc) is 3.81. The Labute approximate surface area is 274 Å². The van der Waals surface area contributed by atoms with E-state index in [2.05, 4.69) is 100 Å². The second kappa shape index (κ2) is 12.7. The SMILES string of the molecule is CC=CN1CCN(c2nc(OCC3(CN4CC(N(C)C)C4)CC3)nc3c2CCN(c2cccc4cccc(C)c24)C3)CC1CC#N.